The molecular formula is C36H44ClN5O2. The van der Waals surface area contributed by atoms with Gasteiger partial charge in [-0.25, -0.2) is 0 Å². The molecule has 5 heterocycles. The Labute approximate surface area is 265 Å². The van der Waals surface area contributed by atoms with Gasteiger partial charge in [-0.15, -0.1) is 0 Å². The highest BCUT2D eigenvalue weighted by Crippen LogP contribution is 2.50. The number of carbonyl (C=O) groups excluding carboxylic acids is 1. The summed E-state index contributed by atoms with van der Waals surface area (Å²) in [5.74, 6) is 1.76. The predicted molar refractivity (Wildman–Crippen MR) is 175 cm³/mol. The van der Waals surface area contributed by atoms with Gasteiger partial charge in [-0.1, -0.05) is 29.8 Å². The van der Waals surface area contributed by atoms with E-state index in [4.69, 9.17) is 11.6 Å². The summed E-state index contributed by atoms with van der Waals surface area (Å²) in [7, 11) is 0. The van der Waals surface area contributed by atoms with Crippen LogP contribution in [-0.4, -0.2) is 70.6 Å². The number of likely N-dealkylation sites (tertiary alicyclic amines) is 2. The number of benzene rings is 2. The lowest BCUT2D eigenvalue weighted by atomic mass is 9.60. The number of carbonyl (C=O) groups is 1. The normalized spacial score (nSPS) is 23.9. The summed E-state index contributed by atoms with van der Waals surface area (Å²) in [4.78, 5) is 36.0. The molecule has 1 N–H and O–H groups in total. The molecule has 3 aromatic rings. The van der Waals surface area contributed by atoms with Crippen molar-refractivity contribution in [2.75, 3.05) is 39.3 Å². The zero-order chi connectivity index (χ0) is 30.2. The molecule has 1 saturated carbocycles. The Hall–Kier alpha value is -2.74. The number of nitrogens with zero attached hydrogens (tertiary/aromatic N) is 4. The van der Waals surface area contributed by atoms with E-state index < -0.39 is 5.41 Å². The summed E-state index contributed by atoms with van der Waals surface area (Å²) in [5, 5.41) is 4.43. The van der Waals surface area contributed by atoms with Crippen LogP contribution in [0.4, 0.5) is 0 Å². The number of piperidine rings is 3. The minimum atomic E-state index is -0.403. The third-order valence-electron chi connectivity index (χ3n) is 12.0. The maximum absolute atomic E-state index is 13.6. The summed E-state index contributed by atoms with van der Waals surface area (Å²) in [5.41, 5.74) is 4.34. The van der Waals surface area contributed by atoms with Crippen LogP contribution in [0.3, 0.4) is 0 Å². The van der Waals surface area contributed by atoms with Gasteiger partial charge in [-0.05, 0) is 132 Å². The van der Waals surface area contributed by atoms with Crippen LogP contribution in [0, 0.1) is 11.3 Å². The molecule has 1 aliphatic carbocycles. The van der Waals surface area contributed by atoms with Crippen molar-refractivity contribution < 1.29 is 4.79 Å². The predicted octanol–water partition coefficient (Wildman–Crippen LogP) is 5.63. The zero-order valence-electron chi connectivity index (χ0n) is 26.1. The summed E-state index contributed by atoms with van der Waals surface area (Å²) >= 11 is 6.44. The van der Waals surface area contributed by atoms with Crippen LogP contribution in [0.15, 0.2) is 41.2 Å². The molecule has 3 saturated heterocycles. The van der Waals surface area contributed by atoms with E-state index in [1.165, 1.54) is 49.9 Å². The molecule has 2 aromatic carbocycles. The molecule has 5 aliphatic rings. The average molecular weight is 614 g/mol. The molecule has 44 heavy (non-hydrogen) atoms. The largest absolute Gasteiger partial charge is 0.342 e. The molecule has 4 fully saturated rings. The minimum Gasteiger partial charge on any atom is -0.342 e. The second-order valence-corrected chi connectivity index (χ2v) is 15.2. The molecule has 0 bridgehead atoms. The van der Waals surface area contributed by atoms with E-state index in [1.807, 2.05) is 12.1 Å². The molecule has 0 radical (unpaired) electrons. The fourth-order valence-corrected chi connectivity index (χ4v) is 9.53. The minimum absolute atomic E-state index is 0.189. The monoisotopic (exact) mass is 613 g/mol. The van der Waals surface area contributed by atoms with E-state index in [0.717, 1.165) is 74.9 Å². The Balaban J connectivity index is 0.914. The number of aromatic nitrogens is 2. The first-order chi connectivity index (χ1) is 21.2. The topological polar surface area (TPSA) is 70.5 Å². The Morgan fingerprint density at radius 3 is 2.43 bits per heavy atom. The van der Waals surface area contributed by atoms with E-state index in [2.05, 4.69) is 56.7 Å². The highest BCUT2D eigenvalue weighted by atomic mass is 35.5. The average Bonchev–Trinajstić information content (AvgIpc) is 3.25. The lowest BCUT2D eigenvalue weighted by Gasteiger charge is -2.55. The van der Waals surface area contributed by atoms with Gasteiger partial charge in [-0.3, -0.25) is 14.2 Å². The van der Waals surface area contributed by atoms with Crippen molar-refractivity contribution in [2.45, 2.75) is 82.6 Å². The first-order valence-electron chi connectivity index (χ1n) is 16.8. The Bertz CT molecular complexity index is 1670. The van der Waals surface area contributed by atoms with E-state index >= 15 is 0 Å². The summed E-state index contributed by atoms with van der Waals surface area (Å²) in [6, 6.07) is 13.1. The first-order valence-corrected chi connectivity index (χ1v) is 17.2. The van der Waals surface area contributed by atoms with Gasteiger partial charge in [-0.2, -0.15) is 4.98 Å². The quantitative estimate of drug-likeness (QED) is 0.415. The fourth-order valence-electron chi connectivity index (χ4n) is 9.28. The van der Waals surface area contributed by atoms with Crippen LogP contribution in [0.5, 0.6) is 0 Å². The number of nitrogens with one attached hydrogen (secondary N) is 1. The van der Waals surface area contributed by atoms with Gasteiger partial charge in [0.2, 0.25) is 5.91 Å². The number of hydrogen-bond acceptors (Lipinski definition) is 5. The van der Waals surface area contributed by atoms with E-state index in [1.54, 1.807) is 6.07 Å². The number of fused-ring (bicyclic) bond motifs is 5. The summed E-state index contributed by atoms with van der Waals surface area (Å²) in [6.07, 6.45) is 9.43. The third kappa shape index (κ3) is 4.56. The first kappa shape index (κ1) is 28.7. The molecule has 1 spiro atoms. The SMILES string of the molecule is CC1(C)c2cc(C3CCN(C(=O)C4CCN(C5CC6(CCNCC6)C5)CC4)CC3)ccc2-n2c1nc(=O)c1c(Cl)cccc12. The van der Waals surface area contributed by atoms with Gasteiger partial charge < -0.3 is 15.1 Å². The second-order valence-electron chi connectivity index (χ2n) is 14.8. The van der Waals surface area contributed by atoms with Crippen molar-refractivity contribution in [3.63, 3.8) is 0 Å². The zero-order valence-corrected chi connectivity index (χ0v) is 26.8. The van der Waals surface area contributed by atoms with Crippen LogP contribution >= 0.6 is 11.6 Å². The van der Waals surface area contributed by atoms with E-state index in [-0.39, 0.29) is 11.5 Å². The summed E-state index contributed by atoms with van der Waals surface area (Å²) in [6.45, 7) is 10.5. The molecular weight excluding hydrogens is 570 g/mol. The number of halogens is 1. The Kier molecular flexibility index (Phi) is 6.96. The van der Waals surface area contributed by atoms with Gasteiger partial charge >= 0.3 is 0 Å². The standard InChI is InChI=1S/C36H44ClN5O2/c1-35(2)27-20-25(6-7-29(27)42-30-5-3-4-28(37)31(30)32(43)39-34(35)42)23-8-18-41(19-9-23)33(44)24-10-16-40(17-11-24)26-21-36(22-26)12-14-38-15-13-36/h3-7,20,23-24,26,38H,8-19,21-22H2,1-2H3. The Morgan fingerprint density at radius 2 is 1.70 bits per heavy atom. The molecule has 8 heteroatoms. The molecule has 0 unspecified atom stereocenters. The maximum Gasteiger partial charge on any atom is 0.282 e. The van der Waals surface area contributed by atoms with Gasteiger partial charge in [0.25, 0.3) is 5.56 Å². The highest BCUT2D eigenvalue weighted by molar-refractivity contribution is 6.35. The second kappa shape index (κ2) is 10.7. The van der Waals surface area contributed by atoms with Gasteiger partial charge in [0, 0.05) is 25.0 Å². The molecule has 1 aromatic heterocycles. The van der Waals surface area contributed by atoms with Crippen molar-refractivity contribution in [2.24, 2.45) is 11.3 Å². The van der Waals surface area contributed by atoms with Crippen LogP contribution < -0.4 is 10.9 Å². The third-order valence-corrected chi connectivity index (χ3v) is 12.3. The van der Waals surface area contributed by atoms with Gasteiger partial charge in [0.05, 0.1) is 27.0 Å². The highest BCUT2D eigenvalue weighted by Gasteiger charge is 2.47. The Morgan fingerprint density at radius 1 is 0.977 bits per heavy atom. The van der Waals surface area contributed by atoms with Crippen molar-refractivity contribution in [1.82, 2.24) is 24.7 Å². The molecule has 4 aliphatic heterocycles. The smallest absolute Gasteiger partial charge is 0.282 e. The summed E-state index contributed by atoms with van der Waals surface area (Å²) < 4.78 is 2.12. The van der Waals surface area contributed by atoms with Crippen molar-refractivity contribution in [3.05, 3.63) is 68.7 Å². The van der Waals surface area contributed by atoms with Crippen LogP contribution in [0.1, 0.15) is 88.1 Å². The number of amides is 1. The van der Waals surface area contributed by atoms with E-state index in [0.29, 0.717) is 27.6 Å². The molecule has 0 atom stereocenters. The van der Waals surface area contributed by atoms with Crippen LogP contribution in [0.2, 0.25) is 5.02 Å². The van der Waals surface area contributed by atoms with E-state index in [9.17, 15) is 9.59 Å². The van der Waals surface area contributed by atoms with Crippen LogP contribution in [0.25, 0.3) is 16.6 Å². The van der Waals surface area contributed by atoms with Gasteiger partial charge in [0.1, 0.15) is 5.82 Å². The molecule has 1 amide bonds. The van der Waals surface area contributed by atoms with Gasteiger partial charge in [0.15, 0.2) is 0 Å². The number of rotatable bonds is 3. The lowest BCUT2D eigenvalue weighted by Crippen LogP contribution is -2.56. The van der Waals surface area contributed by atoms with Crippen molar-refractivity contribution >= 4 is 28.4 Å². The fraction of sp³-hybridized carbons (Fsp3) is 0.583. The van der Waals surface area contributed by atoms with Crippen molar-refractivity contribution in [1.29, 1.82) is 0 Å². The molecule has 7 nitrogen and oxygen atoms in total. The maximum atomic E-state index is 13.6. The lowest BCUT2D eigenvalue weighted by molar-refractivity contribution is -0.139. The van der Waals surface area contributed by atoms with Crippen molar-refractivity contribution in [3.8, 4) is 5.69 Å². The van der Waals surface area contributed by atoms with Crippen LogP contribution in [-0.2, 0) is 10.2 Å². The molecule has 232 valence electrons. The molecule has 8 rings (SSSR count). The number of hydrogen-bond donors (Lipinski definition) is 1.